The molecule has 0 saturated carbocycles. The second-order valence-corrected chi connectivity index (χ2v) is 6.45. The number of rotatable bonds is 7. The van der Waals surface area contributed by atoms with Crippen LogP contribution in [0.2, 0.25) is 0 Å². The standard InChI is InChI=1S/C21H27N3O2/c1-3-14-24(17-10-6-5-7-11-17)18-15-23(16-18)21(25)22-19-12-8-9-13-20(19)26-4-2/h5-13,18H,3-4,14-16H2,1-2H3,(H,22,25). The number of likely N-dealkylation sites (tertiary alicyclic amines) is 1. The van der Waals surface area contributed by atoms with E-state index in [1.807, 2.05) is 42.2 Å². The predicted molar refractivity (Wildman–Crippen MR) is 106 cm³/mol. The van der Waals surface area contributed by atoms with Crippen LogP contribution in [0.3, 0.4) is 0 Å². The van der Waals surface area contributed by atoms with Crippen LogP contribution in [0.4, 0.5) is 16.2 Å². The van der Waals surface area contributed by atoms with Gasteiger partial charge in [-0.3, -0.25) is 0 Å². The summed E-state index contributed by atoms with van der Waals surface area (Å²) in [7, 11) is 0. The Bertz CT molecular complexity index is 714. The summed E-state index contributed by atoms with van der Waals surface area (Å²) < 4.78 is 5.58. The van der Waals surface area contributed by atoms with Crippen LogP contribution in [-0.2, 0) is 0 Å². The minimum Gasteiger partial charge on any atom is -0.492 e. The van der Waals surface area contributed by atoms with Crippen LogP contribution >= 0.6 is 0 Å². The maximum Gasteiger partial charge on any atom is 0.322 e. The number of hydrogen-bond acceptors (Lipinski definition) is 3. The van der Waals surface area contributed by atoms with Crippen molar-refractivity contribution in [1.29, 1.82) is 0 Å². The highest BCUT2D eigenvalue weighted by Crippen LogP contribution is 2.26. The number of para-hydroxylation sites is 3. The van der Waals surface area contributed by atoms with Gasteiger partial charge in [0.15, 0.2) is 0 Å². The van der Waals surface area contributed by atoms with Crippen molar-refractivity contribution in [3.05, 3.63) is 54.6 Å². The lowest BCUT2D eigenvalue weighted by molar-refractivity contribution is 0.161. The fraction of sp³-hybridized carbons (Fsp3) is 0.381. The van der Waals surface area contributed by atoms with E-state index < -0.39 is 0 Å². The second kappa shape index (κ2) is 8.61. The van der Waals surface area contributed by atoms with Gasteiger partial charge >= 0.3 is 6.03 Å². The molecule has 5 heteroatoms. The third kappa shape index (κ3) is 4.10. The van der Waals surface area contributed by atoms with E-state index in [1.54, 1.807) is 0 Å². The number of benzene rings is 2. The van der Waals surface area contributed by atoms with E-state index in [9.17, 15) is 4.79 Å². The number of anilines is 2. The molecular formula is C21H27N3O2. The smallest absolute Gasteiger partial charge is 0.322 e. The molecule has 0 aromatic heterocycles. The summed E-state index contributed by atoms with van der Waals surface area (Å²) in [5.74, 6) is 0.706. The molecule has 2 aromatic carbocycles. The lowest BCUT2D eigenvalue weighted by atomic mass is 10.1. The Balaban J connectivity index is 1.59. The summed E-state index contributed by atoms with van der Waals surface area (Å²) in [6, 6.07) is 18.3. The quantitative estimate of drug-likeness (QED) is 0.811. The molecule has 0 radical (unpaired) electrons. The van der Waals surface area contributed by atoms with Crippen LogP contribution < -0.4 is 15.0 Å². The van der Waals surface area contributed by atoms with E-state index in [4.69, 9.17) is 4.74 Å². The molecule has 138 valence electrons. The number of ether oxygens (including phenoxy) is 1. The fourth-order valence-electron chi connectivity index (χ4n) is 3.25. The lowest BCUT2D eigenvalue weighted by Gasteiger charge is -2.46. The minimum atomic E-state index is -0.0714. The summed E-state index contributed by atoms with van der Waals surface area (Å²) >= 11 is 0. The number of carbonyl (C=O) groups is 1. The molecule has 0 atom stereocenters. The number of urea groups is 1. The van der Waals surface area contributed by atoms with Gasteiger partial charge in [-0.1, -0.05) is 37.3 Å². The Morgan fingerprint density at radius 3 is 2.50 bits per heavy atom. The zero-order valence-electron chi connectivity index (χ0n) is 15.5. The third-order valence-corrected chi connectivity index (χ3v) is 4.57. The van der Waals surface area contributed by atoms with Crippen LogP contribution in [-0.4, -0.2) is 43.2 Å². The Labute approximate surface area is 155 Å². The highest BCUT2D eigenvalue weighted by molar-refractivity contribution is 5.91. The molecule has 2 amide bonds. The molecule has 26 heavy (non-hydrogen) atoms. The maximum absolute atomic E-state index is 12.6. The normalized spacial score (nSPS) is 13.8. The number of nitrogens with one attached hydrogen (secondary N) is 1. The van der Waals surface area contributed by atoms with Gasteiger partial charge in [0.25, 0.3) is 0 Å². The molecule has 1 fully saturated rings. The third-order valence-electron chi connectivity index (χ3n) is 4.57. The van der Waals surface area contributed by atoms with Gasteiger partial charge in [-0.05, 0) is 37.6 Å². The fourth-order valence-corrected chi connectivity index (χ4v) is 3.25. The highest BCUT2D eigenvalue weighted by Gasteiger charge is 2.35. The van der Waals surface area contributed by atoms with Crippen molar-refractivity contribution in [1.82, 2.24) is 4.90 Å². The molecule has 2 aromatic rings. The van der Waals surface area contributed by atoms with Gasteiger partial charge in [0.1, 0.15) is 5.75 Å². The van der Waals surface area contributed by atoms with Crippen LogP contribution in [0.1, 0.15) is 20.3 Å². The summed E-state index contributed by atoms with van der Waals surface area (Å²) in [4.78, 5) is 16.8. The number of amides is 2. The van der Waals surface area contributed by atoms with Crippen molar-refractivity contribution < 1.29 is 9.53 Å². The molecule has 1 N–H and O–H groups in total. The van der Waals surface area contributed by atoms with Gasteiger partial charge in [-0.25, -0.2) is 4.79 Å². The lowest BCUT2D eigenvalue weighted by Crippen LogP contribution is -2.62. The van der Waals surface area contributed by atoms with Crippen molar-refractivity contribution in [2.45, 2.75) is 26.3 Å². The number of hydrogen-bond donors (Lipinski definition) is 1. The molecule has 0 spiro atoms. The second-order valence-electron chi connectivity index (χ2n) is 6.45. The zero-order chi connectivity index (χ0) is 18.4. The van der Waals surface area contributed by atoms with E-state index in [-0.39, 0.29) is 6.03 Å². The van der Waals surface area contributed by atoms with E-state index in [1.165, 1.54) is 5.69 Å². The first-order valence-corrected chi connectivity index (χ1v) is 9.32. The van der Waals surface area contributed by atoms with E-state index >= 15 is 0 Å². The Hall–Kier alpha value is -2.69. The summed E-state index contributed by atoms with van der Waals surface area (Å²) in [5.41, 5.74) is 1.94. The first-order valence-electron chi connectivity index (χ1n) is 9.32. The summed E-state index contributed by atoms with van der Waals surface area (Å²) in [6.07, 6.45) is 1.08. The molecule has 0 bridgehead atoms. The first-order chi connectivity index (χ1) is 12.7. The van der Waals surface area contributed by atoms with Gasteiger partial charge in [-0.15, -0.1) is 0 Å². The molecule has 1 aliphatic heterocycles. The van der Waals surface area contributed by atoms with Crippen molar-refractivity contribution >= 4 is 17.4 Å². The Kier molecular flexibility index (Phi) is 6.00. The molecular weight excluding hydrogens is 326 g/mol. The van der Waals surface area contributed by atoms with Gasteiger partial charge in [0, 0.05) is 25.3 Å². The van der Waals surface area contributed by atoms with E-state index in [0.717, 1.165) is 31.7 Å². The van der Waals surface area contributed by atoms with Crippen molar-refractivity contribution in [2.24, 2.45) is 0 Å². The minimum absolute atomic E-state index is 0.0714. The predicted octanol–water partition coefficient (Wildman–Crippen LogP) is 4.22. The van der Waals surface area contributed by atoms with E-state index in [2.05, 4.69) is 41.4 Å². The SMILES string of the molecule is CCCN(c1ccccc1)C1CN(C(=O)Nc2ccccc2OCC)C1. The first kappa shape index (κ1) is 18.1. The molecule has 1 aliphatic rings. The molecule has 1 heterocycles. The molecule has 0 unspecified atom stereocenters. The molecule has 1 saturated heterocycles. The highest BCUT2D eigenvalue weighted by atomic mass is 16.5. The van der Waals surface area contributed by atoms with Crippen LogP contribution in [0.15, 0.2) is 54.6 Å². The van der Waals surface area contributed by atoms with Gasteiger partial charge in [-0.2, -0.15) is 0 Å². The van der Waals surface area contributed by atoms with Gasteiger partial charge < -0.3 is 19.9 Å². The molecule has 5 nitrogen and oxygen atoms in total. The van der Waals surface area contributed by atoms with Crippen molar-refractivity contribution in [3.8, 4) is 5.75 Å². The van der Waals surface area contributed by atoms with Gasteiger partial charge in [0.05, 0.1) is 18.3 Å². The summed E-state index contributed by atoms with van der Waals surface area (Å²) in [5, 5.41) is 2.97. The van der Waals surface area contributed by atoms with Crippen molar-refractivity contribution in [2.75, 3.05) is 36.5 Å². The van der Waals surface area contributed by atoms with Crippen LogP contribution in [0.25, 0.3) is 0 Å². The Morgan fingerprint density at radius 2 is 1.81 bits per heavy atom. The monoisotopic (exact) mass is 353 g/mol. The topological polar surface area (TPSA) is 44.8 Å². The number of nitrogens with zero attached hydrogens (tertiary/aromatic N) is 2. The van der Waals surface area contributed by atoms with Crippen molar-refractivity contribution in [3.63, 3.8) is 0 Å². The maximum atomic E-state index is 12.6. The zero-order valence-corrected chi connectivity index (χ0v) is 15.5. The number of carbonyl (C=O) groups excluding carboxylic acids is 1. The van der Waals surface area contributed by atoms with Crippen LogP contribution in [0.5, 0.6) is 5.75 Å². The molecule has 3 rings (SSSR count). The molecule has 0 aliphatic carbocycles. The van der Waals surface area contributed by atoms with E-state index in [0.29, 0.717) is 18.4 Å². The average Bonchev–Trinajstić information content (AvgIpc) is 2.62. The average molecular weight is 353 g/mol. The largest absolute Gasteiger partial charge is 0.492 e. The Morgan fingerprint density at radius 1 is 1.12 bits per heavy atom. The summed E-state index contributed by atoms with van der Waals surface area (Å²) in [6.45, 7) is 7.16. The van der Waals surface area contributed by atoms with Gasteiger partial charge in [0.2, 0.25) is 0 Å². The van der Waals surface area contributed by atoms with Crippen LogP contribution in [0, 0.1) is 0 Å².